The predicted molar refractivity (Wildman–Crippen MR) is 83.9 cm³/mol. The van der Waals surface area contributed by atoms with Gasteiger partial charge in [0, 0.05) is 23.5 Å². The Kier molecular flexibility index (Phi) is 3.05. The van der Waals surface area contributed by atoms with Crippen LogP contribution in [0.4, 0.5) is 0 Å². The maximum absolute atomic E-state index is 5.17. The average molecular weight is 309 g/mol. The van der Waals surface area contributed by atoms with Gasteiger partial charge in [-0.15, -0.1) is 10.2 Å². The lowest BCUT2D eigenvalue weighted by molar-refractivity contribution is 0.415. The topological polar surface area (TPSA) is 65.2 Å². The summed E-state index contributed by atoms with van der Waals surface area (Å²) in [6, 6.07) is 11.5. The van der Waals surface area contributed by atoms with Crippen molar-refractivity contribution < 1.29 is 4.74 Å². The molecule has 108 valence electrons. The Morgan fingerprint density at radius 3 is 2.45 bits per heavy atom. The molecule has 0 aliphatic rings. The van der Waals surface area contributed by atoms with Crippen LogP contribution in [0.2, 0.25) is 0 Å². The van der Waals surface area contributed by atoms with E-state index in [9.17, 15) is 0 Å². The second-order valence-corrected chi connectivity index (χ2v) is 5.55. The third-order valence-electron chi connectivity index (χ3n) is 3.27. The largest absolute Gasteiger partial charge is 0.497 e. The van der Waals surface area contributed by atoms with Crippen molar-refractivity contribution >= 4 is 16.3 Å². The van der Waals surface area contributed by atoms with Crippen LogP contribution in [0.25, 0.3) is 26.9 Å². The zero-order chi connectivity index (χ0) is 14.9. The van der Waals surface area contributed by atoms with Gasteiger partial charge >= 0.3 is 0 Å². The fourth-order valence-corrected chi connectivity index (χ4v) is 2.99. The van der Waals surface area contributed by atoms with Crippen molar-refractivity contribution in [3.05, 3.63) is 48.8 Å². The van der Waals surface area contributed by atoms with Crippen LogP contribution in [0.3, 0.4) is 0 Å². The van der Waals surface area contributed by atoms with E-state index in [0.29, 0.717) is 5.82 Å². The minimum absolute atomic E-state index is 0.717. The van der Waals surface area contributed by atoms with E-state index in [2.05, 4.69) is 20.3 Å². The van der Waals surface area contributed by atoms with Crippen molar-refractivity contribution in [2.75, 3.05) is 7.11 Å². The van der Waals surface area contributed by atoms with Crippen LogP contribution in [0.1, 0.15) is 0 Å². The van der Waals surface area contributed by atoms with E-state index in [1.807, 2.05) is 36.4 Å². The number of hydrogen-bond acceptors (Lipinski definition) is 6. The standard InChI is InChI=1S/C15H11N5OS/c1-21-12-4-2-10(3-5-12)13-17-18-15-20(13)19-14(22-15)11-6-8-16-9-7-11/h2-9H,1H3. The Hall–Kier alpha value is -2.80. The fraction of sp³-hybridized carbons (Fsp3) is 0.0667. The van der Waals surface area contributed by atoms with E-state index in [4.69, 9.17) is 4.74 Å². The molecule has 0 saturated carbocycles. The number of aromatic nitrogens is 5. The molecule has 0 atom stereocenters. The Labute approximate surface area is 130 Å². The van der Waals surface area contributed by atoms with Gasteiger partial charge in [-0.3, -0.25) is 4.98 Å². The molecule has 0 amide bonds. The molecule has 0 N–H and O–H groups in total. The molecule has 0 radical (unpaired) electrons. The van der Waals surface area contributed by atoms with Gasteiger partial charge in [0.15, 0.2) is 5.82 Å². The zero-order valence-corrected chi connectivity index (χ0v) is 12.5. The van der Waals surface area contributed by atoms with Gasteiger partial charge in [-0.1, -0.05) is 11.3 Å². The van der Waals surface area contributed by atoms with Crippen LogP contribution in [-0.2, 0) is 0 Å². The molecular formula is C15H11N5OS. The fourth-order valence-electron chi connectivity index (χ4n) is 2.15. The summed E-state index contributed by atoms with van der Waals surface area (Å²) < 4.78 is 6.94. The van der Waals surface area contributed by atoms with Crippen molar-refractivity contribution in [2.45, 2.75) is 0 Å². The number of rotatable bonds is 3. The smallest absolute Gasteiger partial charge is 0.235 e. The van der Waals surface area contributed by atoms with Crippen LogP contribution in [0, 0.1) is 0 Å². The monoisotopic (exact) mass is 309 g/mol. The van der Waals surface area contributed by atoms with Crippen molar-refractivity contribution in [3.63, 3.8) is 0 Å². The Balaban J connectivity index is 1.80. The van der Waals surface area contributed by atoms with Crippen molar-refractivity contribution in [2.24, 2.45) is 0 Å². The molecule has 0 aliphatic carbocycles. The van der Waals surface area contributed by atoms with Gasteiger partial charge in [0.2, 0.25) is 4.96 Å². The molecule has 0 saturated heterocycles. The summed E-state index contributed by atoms with van der Waals surface area (Å²) in [7, 11) is 1.64. The van der Waals surface area contributed by atoms with E-state index < -0.39 is 0 Å². The molecule has 3 heterocycles. The molecular weight excluding hydrogens is 298 g/mol. The van der Waals surface area contributed by atoms with Crippen LogP contribution in [0.5, 0.6) is 5.75 Å². The molecule has 22 heavy (non-hydrogen) atoms. The first kappa shape index (κ1) is 12.9. The third-order valence-corrected chi connectivity index (χ3v) is 4.21. The highest BCUT2D eigenvalue weighted by atomic mass is 32.1. The van der Waals surface area contributed by atoms with Crippen molar-refractivity contribution in [1.82, 2.24) is 24.8 Å². The maximum Gasteiger partial charge on any atom is 0.235 e. The highest BCUT2D eigenvalue weighted by Gasteiger charge is 2.14. The summed E-state index contributed by atoms with van der Waals surface area (Å²) in [5.41, 5.74) is 1.96. The molecule has 0 spiro atoms. The molecule has 4 rings (SSSR count). The number of benzene rings is 1. The minimum atomic E-state index is 0.717. The number of hydrogen-bond donors (Lipinski definition) is 0. The number of nitrogens with zero attached hydrogens (tertiary/aromatic N) is 5. The molecule has 3 aromatic heterocycles. The van der Waals surface area contributed by atoms with E-state index in [0.717, 1.165) is 26.8 Å². The zero-order valence-electron chi connectivity index (χ0n) is 11.7. The predicted octanol–water partition coefficient (Wildman–Crippen LogP) is 2.92. The number of ether oxygens (including phenoxy) is 1. The first-order valence-electron chi connectivity index (χ1n) is 6.62. The van der Waals surface area contributed by atoms with Crippen LogP contribution >= 0.6 is 11.3 Å². The van der Waals surface area contributed by atoms with Gasteiger partial charge in [0.1, 0.15) is 10.8 Å². The normalized spacial score (nSPS) is 11.0. The second kappa shape index (κ2) is 5.19. The van der Waals surface area contributed by atoms with Crippen molar-refractivity contribution in [3.8, 4) is 27.7 Å². The summed E-state index contributed by atoms with van der Waals surface area (Å²) in [4.78, 5) is 4.79. The first-order chi connectivity index (χ1) is 10.8. The SMILES string of the molecule is COc1ccc(-c2nnc3sc(-c4ccncc4)nn23)cc1. The number of fused-ring (bicyclic) bond motifs is 1. The molecule has 0 fully saturated rings. The highest BCUT2D eigenvalue weighted by Crippen LogP contribution is 2.28. The molecule has 0 unspecified atom stereocenters. The van der Waals surface area contributed by atoms with Crippen molar-refractivity contribution in [1.29, 1.82) is 0 Å². The van der Waals surface area contributed by atoms with Crippen LogP contribution in [-0.4, -0.2) is 31.9 Å². The Bertz CT molecular complexity index is 914. The maximum atomic E-state index is 5.17. The highest BCUT2D eigenvalue weighted by molar-refractivity contribution is 7.19. The van der Waals surface area contributed by atoms with E-state index in [1.165, 1.54) is 11.3 Å². The third kappa shape index (κ3) is 2.11. The molecule has 0 bridgehead atoms. The first-order valence-corrected chi connectivity index (χ1v) is 7.44. The second-order valence-electron chi connectivity index (χ2n) is 4.59. The lowest BCUT2D eigenvalue weighted by Crippen LogP contribution is -1.91. The average Bonchev–Trinajstić information content (AvgIpc) is 3.16. The van der Waals surface area contributed by atoms with E-state index in [1.54, 1.807) is 24.0 Å². The van der Waals surface area contributed by atoms with E-state index in [-0.39, 0.29) is 0 Å². The molecule has 4 aromatic rings. The van der Waals surface area contributed by atoms with Gasteiger partial charge in [-0.2, -0.15) is 9.61 Å². The Morgan fingerprint density at radius 1 is 0.955 bits per heavy atom. The van der Waals surface area contributed by atoms with Gasteiger partial charge in [-0.05, 0) is 36.4 Å². The summed E-state index contributed by atoms with van der Waals surface area (Å²) in [5.74, 6) is 1.52. The molecule has 0 aliphatic heterocycles. The summed E-state index contributed by atoms with van der Waals surface area (Å²) in [6.07, 6.45) is 3.50. The summed E-state index contributed by atoms with van der Waals surface area (Å²) in [6.45, 7) is 0. The lowest BCUT2D eigenvalue weighted by Gasteiger charge is -2.00. The molecule has 6 nitrogen and oxygen atoms in total. The summed E-state index contributed by atoms with van der Waals surface area (Å²) in [5, 5.41) is 13.9. The minimum Gasteiger partial charge on any atom is -0.497 e. The number of methoxy groups -OCH3 is 1. The Morgan fingerprint density at radius 2 is 1.73 bits per heavy atom. The summed E-state index contributed by atoms with van der Waals surface area (Å²) >= 11 is 1.50. The molecule has 7 heteroatoms. The van der Waals surface area contributed by atoms with Gasteiger partial charge < -0.3 is 4.74 Å². The van der Waals surface area contributed by atoms with Crippen LogP contribution in [0.15, 0.2) is 48.8 Å². The molecule has 1 aromatic carbocycles. The van der Waals surface area contributed by atoms with Gasteiger partial charge in [0.25, 0.3) is 0 Å². The number of pyridine rings is 1. The van der Waals surface area contributed by atoms with E-state index >= 15 is 0 Å². The quantitative estimate of drug-likeness (QED) is 0.582. The lowest BCUT2D eigenvalue weighted by atomic mass is 10.2. The van der Waals surface area contributed by atoms with Crippen LogP contribution < -0.4 is 4.74 Å². The van der Waals surface area contributed by atoms with Gasteiger partial charge in [0.05, 0.1) is 7.11 Å². The van der Waals surface area contributed by atoms with Gasteiger partial charge in [-0.25, -0.2) is 0 Å².